The van der Waals surface area contributed by atoms with Crippen LogP contribution in [0.4, 0.5) is 4.39 Å². The van der Waals surface area contributed by atoms with Gasteiger partial charge >= 0.3 is 5.97 Å². The summed E-state index contributed by atoms with van der Waals surface area (Å²) in [6, 6.07) is 4.14. The van der Waals surface area contributed by atoms with E-state index in [1.54, 1.807) is 13.0 Å². The van der Waals surface area contributed by atoms with Crippen LogP contribution in [0.2, 0.25) is 5.02 Å². The van der Waals surface area contributed by atoms with Crippen molar-refractivity contribution in [1.29, 1.82) is 0 Å². The molecule has 1 aromatic heterocycles. The summed E-state index contributed by atoms with van der Waals surface area (Å²) in [5.74, 6) is -0.474. The van der Waals surface area contributed by atoms with Crippen LogP contribution in [-0.4, -0.2) is 21.0 Å². The van der Waals surface area contributed by atoms with E-state index in [0.717, 1.165) is 5.56 Å². The zero-order valence-corrected chi connectivity index (χ0v) is 13.6. The standard InChI is InChI=1S/C15H14ClFN2O2S/c1-3-12-18-8(2)13(15(20)21)14(19-12)22-7-9-4-5-10(17)6-11(9)16/h4-6H,3,7H2,1-2H3,(H,20,21). The summed E-state index contributed by atoms with van der Waals surface area (Å²) in [4.78, 5) is 19.9. The molecule has 7 heteroatoms. The van der Waals surface area contributed by atoms with E-state index in [0.29, 0.717) is 33.7 Å². The van der Waals surface area contributed by atoms with Crippen molar-refractivity contribution in [2.24, 2.45) is 0 Å². The molecule has 0 atom stereocenters. The molecule has 0 aliphatic rings. The quantitative estimate of drug-likeness (QED) is 0.655. The molecule has 0 saturated carbocycles. The van der Waals surface area contributed by atoms with E-state index < -0.39 is 11.8 Å². The number of hydrogen-bond acceptors (Lipinski definition) is 4. The molecule has 1 N–H and O–H groups in total. The largest absolute Gasteiger partial charge is 0.478 e. The van der Waals surface area contributed by atoms with Crippen LogP contribution >= 0.6 is 23.4 Å². The number of rotatable bonds is 5. The summed E-state index contributed by atoms with van der Waals surface area (Å²) in [5.41, 5.74) is 1.26. The van der Waals surface area contributed by atoms with E-state index >= 15 is 0 Å². The molecule has 0 aliphatic carbocycles. The predicted octanol–water partition coefficient (Wildman–Crippen LogP) is 4.13. The first-order chi connectivity index (χ1) is 10.4. The van der Waals surface area contributed by atoms with Crippen LogP contribution < -0.4 is 0 Å². The van der Waals surface area contributed by atoms with Gasteiger partial charge in [-0.1, -0.05) is 24.6 Å². The Morgan fingerprint density at radius 1 is 1.41 bits per heavy atom. The second kappa shape index (κ2) is 7.07. The summed E-state index contributed by atoms with van der Waals surface area (Å²) < 4.78 is 13.0. The maximum Gasteiger partial charge on any atom is 0.340 e. The van der Waals surface area contributed by atoms with Crippen LogP contribution in [0.25, 0.3) is 0 Å². The van der Waals surface area contributed by atoms with Crippen molar-refractivity contribution in [2.45, 2.75) is 31.0 Å². The first kappa shape index (κ1) is 16.7. The number of hydrogen-bond donors (Lipinski definition) is 1. The Balaban J connectivity index is 2.32. The number of carbonyl (C=O) groups is 1. The lowest BCUT2D eigenvalue weighted by atomic mass is 10.2. The second-order valence-corrected chi connectivity index (χ2v) is 5.96. The Kier molecular flexibility index (Phi) is 5.37. The topological polar surface area (TPSA) is 63.1 Å². The molecule has 0 saturated heterocycles. The van der Waals surface area contributed by atoms with E-state index in [-0.39, 0.29) is 5.56 Å². The lowest BCUT2D eigenvalue weighted by Crippen LogP contribution is -2.09. The zero-order valence-electron chi connectivity index (χ0n) is 12.1. The van der Waals surface area contributed by atoms with Gasteiger partial charge < -0.3 is 5.11 Å². The van der Waals surface area contributed by atoms with Gasteiger partial charge in [-0.25, -0.2) is 19.2 Å². The van der Waals surface area contributed by atoms with Gasteiger partial charge in [0, 0.05) is 17.2 Å². The number of aromatic nitrogens is 2. The minimum absolute atomic E-state index is 0.0976. The van der Waals surface area contributed by atoms with Crippen LogP contribution in [0.15, 0.2) is 23.2 Å². The molecular formula is C15H14ClFN2O2S. The van der Waals surface area contributed by atoms with Gasteiger partial charge in [0.15, 0.2) is 0 Å². The highest BCUT2D eigenvalue weighted by molar-refractivity contribution is 7.98. The highest BCUT2D eigenvalue weighted by atomic mass is 35.5. The number of carboxylic acid groups (broad SMARTS) is 1. The van der Waals surface area contributed by atoms with Gasteiger partial charge in [0.25, 0.3) is 0 Å². The minimum atomic E-state index is -1.06. The van der Waals surface area contributed by atoms with Gasteiger partial charge in [0.1, 0.15) is 22.2 Å². The average Bonchev–Trinajstić information content (AvgIpc) is 2.45. The van der Waals surface area contributed by atoms with Crippen molar-refractivity contribution in [3.8, 4) is 0 Å². The fourth-order valence-corrected chi connectivity index (χ4v) is 3.30. The number of carboxylic acids is 1. The van der Waals surface area contributed by atoms with Gasteiger partial charge in [-0.05, 0) is 24.6 Å². The molecule has 0 radical (unpaired) electrons. The molecule has 22 heavy (non-hydrogen) atoms. The number of thioether (sulfide) groups is 1. The van der Waals surface area contributed by atoms with Crippen molar-refractivity contribution in [3.63, 3.8) is 0 Å². The highest BCUT2D eigenvalue weighted by Gasteiger charge is 2.18. The van der Waals surface area contributed by atoms with E-state index in [1.807, 2.05) is 6.92 Å². The summed E-state index contributed by atoms with van der Waals surface area (Å²) in [7, 11) is 0. The molecule has 0 amide bonds. The van der Waals surface area contributed by atoms with Crippen LogP contribution in [0.3, 0.4) is 0 Å². The molecule has 1 aromatic carbocycles. The number of aromatic carboxylic acids is 1. The zero-order chi connectivity index (χ0) is 16.3. The van der Waals surface area contributed by atoms with E-state index in [9.17, 15) is 14.3 Å². The average molecular weight is 341 g/mol. The summed E-state index contributed by atoms with van der Waals surface area (Å²) in [5, 5.41) is 10.0. The monoisotopic (exact) mass is 340 g/mol. The number of halogens is 2. The van der Waals surface area contributed by atoms with E-state index in [2.05, 4.69) is 9.97 Å². The van der Waals surface area contributed by atoms with E-state index in [1.165, 1.54) is 23.9 Å². The van der Waals surface area contributed by atoms with Crippen molar-refractivity contribution >= 4 is 29.3 Å². The van der Waals surface area contributed by atoms with Crippen LogP contribution in [0, 0.1) is 12.7 Å². The maximum atomic E-state index is 13.0. The van der Waals surface area contributed by atoms with E-state index in [4.69, 9.17) is 11.6 Å². The third kappa shape index (κ3) is 3.75. The van der Waals surface area contributed by atoms with Crippen molar-refractivity contribution in [1.82, 2.24) is 9.97 Å². The molecule has 4 nitrogen and oxygen atoms in total. The van der Waals surface area contributed by atoms with Crippen molar-refractivity contribution < 1.29 is 14.3 Å². The Morgan fingerprint density at radius 2 is 2.14 bits per heavy atom. The maximum absolute atomic E-state index is 13.0. The normalized spacial score (nSPS) is 10.7. The molecule has 116 valence electrons. The van der Waals surface area contributed by atoms with Crippen molar-refractivity contribution in [2.75, 3.05) is 0 Å². The predicted molar refractivity (Wildman–Crippen MR) is 84.1 cm³/mol. The Labute approximate surface area is 136 Å². The van der Waals surface area contributed by atoms with Gasteiger partial charge in [-0.3, -0.25) is 0 Å². The number of nitrogens with zero attached hydrogens (tertiary/aromatic N) is 2. The van der Waals surface area contributed by atoms with Gasteiger partial charge in [0.05, 0.1) is 5.69 Å². The minimum Gasteiger partial charge on any atom is -0.478 e. The first-order valence-electron chi connectivity index (χ1n) is 6.60. The third-order valence-corrected chi connectivity index (χ3v) is 4.39. The summed E-state index contributed by atoms with van der Waals surface area (Å²) >= 11 is 7.24. The second-order valence-electron chi connectivity index (χ2n) is 4.59. The molecule has 2 aromatic rings. The molecule has 0 spiro atoms. The smallest absolute Gasteiger partial charge is 0.340 e. The SMILES string of the molecule is CCc1nc(C)c(C(=O)O)c(SCc2ccc(F)cc2Cl)n1. The van der Waals surface area contributed by atoms with Gasteiger partial charge in [0.2, 0.25) is 0 Å². The molecule has 1 heterocycles. The highest BCUT2D eigenvalue weighted by Crippen LogP contribution is 2.29. The number of aryl methyl sites for hydroxylation is 2. The lowest BCUT2D eigenvalue weighted by molar-refractivity contribution is 0.0690. The molecule has 0 fully saturated rings. The fraction of sp³-hybridized carbons (Fsp3) is 0.267. The molecule has 0 unspecified atom stereocenters. The lowest BCUT2D eigenvalue weighted by Gasteiger charge is -2.10. The van der Waals surface area contributed by atoms with Crippen LogP contribution in [0.1, 0.15) is 34.4 Å². The van der Waals surface area contributed by atoms with Crippen molar-refractivity contribution in [3.05, 3.63) is 51.7 Å². The number of benzene rings is 1. The van der Waals surface area contributed by atoms with Crippen LogP contribution in [0.5, 0.6) is 0 Å². The van der Waals surface area contributed by atoms with Gasteiger partial charge in [-0.2, -0.15) is 0 Å². The first-order valence-corrected chi connectivity index (χ1v) is 7.96. The molecule has 0 aliphatic heterocycles. The van der Waals surface area contributed by atoms with Crippen LogP contribution in [-0.2, 0) is 12.2 Å². The van der Waals surface area contributed by atoms with Gasteiger partial charge in [-0.15, -0.1) is 11.8 Å². The summed E-state index contributed by atoms with van der Waals surface area (Å²) in [6.45, 7) is 3.56. The molecule has 2 rings (SSSR count). The molecule has 0 bridgehead atoms. The Bertz CT molecular complexity index is 725. The fourth-order valence-electron chi connectivity index (χ4n) is 1.90. The summed E-state index contributed by atoms with van der Waals surface area (Å²) in [6.07, 6.45) is 0.617. The molecular weight excluding hydrogens is 327 g/mol. The Hall–Kier alpha value is -1.66. The third-order valence-electron chi connectivity index (χ3n) is 3.01. The Morgan fingerprint density at radius 3 is 2.73 bits per heavy atom.